The Morgan fingerprint density at radius 1 is 1.15 bits per heavy atom. The van der Waals surface area contributed by atoms with Crippen molar-refractivity contribution in [2.75, 3.05) is 4.90 Å². The van der Waals surface area contributed by atoms with Crippen LogP contribution in [0.5, 0.6) is 0 Å². The maximum absolute atomic E-state index is 12.7. The second-order valence-corrected chi connectivity index (χ2v) is 5.89. The van der Waals surface area contributed by atoms with Crippen molar-refractivity contribution < 1.29 is 4.79 Å². The molecule has 20 heavy (non-hydrogen) atoms. The molecule has 0 saturated carbocycles. The standard InChI is InChI=1S/C16H13Cl2NO/c1-10-6-11-4-2-3-5-15(11)19(10)16(20)12-7-13(17)9-14(18)8-12/h2-5,7-10H,6H2,1H3/t10-/m1/s1. The van der Waals surface area contributed by atoms with Crippen molar-refractivity contribution in [1.29, 1.82) is 0 Å². The van der Waals surface area contributed by atoms with E-state index in [1.165, 1.54) is 5.56 Å². The van der Waals surface area contributed by atoms with Crippen LogP contribution in [-0.4, -0.2) is 11.9 Å². The first-order valence-corrected chi connectivity index (χ1v) is 7.19. The lowest BCUT2D eigenvalue weighted by Gasteiger charge is -2.23. The first kappa shape index (κ1) is 13.5. The molecule has 0 radical (unpaired) electrons. The molecule has 0 N–H and O–H groups in total. The molecule has 1 aliphatic heterocycles. The van der Waals surface area contributed by atoms with Crippen molar-refractivity contribution in [3.8, 4) is 0 Å². The van der Waals surface area contributed by atoms with Gasteiger partial charge in [0.15, 0.2) is 0 Å². The predicted octanol–water partition coefficient (Wildman–Crippen LogP) is 4.58. The number of fused-ring (bicyclic) bond motifs is 1. The molecule has 1 aliphatic rings. The number of carbonyl (C=O) groups is 1. The van der Waals surface area contributed by atoms with Gasteiger partial charge >= 0.3 is 0 Å². The normalized spacial score (nSPS) is 17.1. The monoisotopic (exact) mass is 305 g/mol. The van der Waals surface area contributed by atoms with Crippen LogP contribution in [0.25, 0.3) is 0 Å². The highest BCUT2D eigenvalue weighted by Gasteiger charge is 2.31. The van der Waals surface area contributed by atoms with Crippen LogP contribution in [0.3, 0.4) is 0 Å². The highest BCUT2D eigenvalue weighted by atomic mass is 35.5. The van der Waals surface area contributed by atoms with Gasteiger partial charge in [-0.1, -0.05) is 41.4 Å². The fourth-order valence-electron chi connectivity index (χ4n) is 2.69. The highest BCUT2D eigenvalue weighted by molar-refractivity contribution is 6.35. The molecule has 0 aromatic heterocycles. The number of amides is 1. The lowest BCUT2D eigenvalue weighted by molar-refractivity contribution is 0.0981. The Bertz CT molecular complexity index is 664. The minimum absolute atomic E-state index is 0.0631. The third kappa shape index (κ3) is 2.30. The number of hydrogen-bond donors (Lipinski definition) is 0. The second-order valence-electron chi connectivity index (χ2n) is 5.02. The van der Waals surface area contributed by atoms with Crippen LogP contribution in [0.2, 0.25) is 10.0 Å². The number of halogens is 2. The van der Waals surface area contributed by atoms with E-state index in [0.717, 1.165) is 12.1 Å². The summed E-state index contributed by atoms with van der Waals surface area (Å²) >= 11 is 12.0. The number of nitrogens with zero attached hydrogens (tertiary/aromatic N) is 1. The quantitative estimate of drug-likeness (QED) is 0.755. The number of benzene rings is 2. The molecule has 2 nitrogen and oxygen atoms in total. The molecule has 0 saturated heterocycles. The van der Waals surface area contributed by atoms with Gasteiger partial charge in [-0.3, -0.25) is 4.79 Å². The number of para-hydroxylation sites is 1. The summed E-state index contributed by atoms with van der Waals surface area (Å²) in [5.74, 6) is -0.0631. The molecule has 1 heterocycles. The molecule has 0 spiro atoms. The third-order valence-corrected chi connectivity index (χ3v) is 3.97. The summed E-state index contributed by atoms with van der Waals surface area (Å²) in [6.07, 6.45) is 0.871. The van der Waals surface area contributed by atoms with Crippen LogP contribution >= 0.6 is 23.2 Å². The van der Waals surface area contributed by atoms with Crippen molar-refractivity contribution >= 4 is 34.8 Å². The molecule has 0 aliphatic carbocycles. The van der Waals surface area contributed by atoms with Gasteiger partial charge in [0.1, 0.15) is 0 Å². The maximum Gasteiger partial charge on any atom is 0.258 e. The molecule has 102 valence electrons. The molecule has 2 aromatic rings. The topological polar surface area (TPSA) is 20.3 Å². The zero-order chi connectivity index (χ0) is 14.3. The van der Waals surface area contributed by atoms with Crippen molar-refractivity contribution in [2.24, 2.45) is 0 Å². The molecule has 1 atom stereocenters. The maximum atomic E-state index is 12.7. The molecule has 2 aromatic carbocycles. The van der Waals surface area contributed by atoms with E-state index in [4.69, 9.17) is 23.2 Å². The summed E-state index contributed by atoms with van der Waals surface area (Å²) in [4.78, 5) is 14.5. The average Bonchev–Trinajstić information content (AvgIpc) is 2.72. The molecule has 3 rings (SSSR count). The summed E-state index contributed by atoms with van der Waals surface area (Å²) < 4.78 is 0. The zero-order valence-corrected chi connectivity index (χ0v) is 12.4. The fraction of sp³-hybridized carbons (Fsp3) is 0.188. The van der Waals surface area contributed by atoms with Crippen LogP contribution in [0, 0.1) is 0 Å². The first-order chi connectivity index (χ1) is 9.56. The highest BCUT2D eigenvalue weighted by Crippen LogP contribution is 2.33. The van der Waals surface area contributed by atoms with Gasteiger partial charge in [-0.25, -0.2) is 0 Å². The van der Waals surface area contributed by atoms with E-state index in [-0.39, 0.29) is 11.9 Å². The molecular weight excluding hydrogens is 293 g/mol. The fourth-order valence-corrected chi connectivity index (χ4v) is 3.22. The summed E-state index contributed by atoms with van der Waals surface area (Å²) in [7, 11) is 0. The van der Waals surface area contributed by atoms with Crippen molar-refractivity contribution in [1.82, 2.24) is 0 Å². The molecule has 0 fully saturated rings. The first-order valence-electron chi connectivity index (χ1n) is 6.44. The van der Waals surface area contributed by atoms with E-state index in [2.05, 4.69) is 6.07 Å². The van der Waals surface area contributed by atoms with Gasteiger partial charge in [-0.05, 0) is 43.2 Å². The summed E-state index contributed by atoms with van der Waals surface area (Å²) in [6, 6.07) is 13.1. The lowest BCUT2D eigenvalue weighted by Crippen LogP contribution is -2.35. The molecule has 1 amide bonds. The van der Waals surface area contributed by atoms with Gasteiger partial charge in [0.2, 0.25) is 0 Å². The number of carbonyl (C=O) groups excluding carboxylic acids is 1. The second kappa shape index (κ2) is 5.12. The Morgan fingerprint density at radius 2 is 1.80 bits per heavy atom. The van der Waals surface area contributed by atoms with E-state index < -0.39 is 0 Å². The van der Waals surface area contributed by atoms with Crippen LogP contribution in [-0.2, 0) is 6.42 Å². The predicted molar refractivity (Wildman–Crippen MR) is 82.9 cm³/mol. The summed E-state index contributed by atoms with van der Waals surface area (Å²) in [5, 5.41) is 0.946. The molecule has 0 unspecified atom stereocenters. The molecular formula is C16H13Cl2NO. The Labute approximate surface area is 127 Å². The van der Waals surface area contributed by atoms with E-state index in [9.17, 15) is 4.79 Å². The lowest BCUT2D eigenvalue weighted by atomic mass is 10.1. The smallest absolute Gasteiger partial charge is 0.258 e. The molecule has 0 bridgehead atoms. The summed E-state index contributed by atoms with van der Waals surface area (Å²) in [6.45, 7) is 2.05. The summed E-state index contributed by atoms with van der Waals surface area (Å²) in [5.41, 5.74) is 2.69. The number of anilines is 1. The van der Waals surface area contributed by atoms with Gasteiger partial charge in [0, 0.05) is 27.3 Å². The van der Waals surface area contributed by atoms with Crippen molar-refractivity contribution in [3.63, 3.8) is 0 Å². The van der Waals surface area contributed by atoms with E-state index in [0.29, 0.717) is 15.6 Å². The van der Waals surface area contributed by atoms with Crippen LogP contribution in [0.1, 0.15) is 22.8 Å². The third-order valence-electron chi connectivity index (χ3n) is 3.54. The molecule has 4 heteroatoms. The Morgan fingerprint density at radius 3 is 2.50 bits per heavy atom. The largest absolute Gasteiger partial charge is 0.305 e. The minimum atomic E-state index is -0.0631. The van der Waals surface area contributed by atoms with E-state index in [1.807, 2.05) is 30.0 Å². The minimum Gasteiger partial charge on any atom is -0.305 e. The number of rotatable bonds is 1. The Balaban J connectivity index is 2.02. The van der Waals surface area contributed by atoms with Gasteiger partial charge in [0.25, 0.3) is 5.91 Å². The Kier molecular flexibility index (Phi) is 3.45. The van der Waals surface area contributed by atoms with E-state index in [1.54, 1.807) is 18.2 Å². The van der Waals surface area contributed by atoms with Crippen molar-refractivity contribution in [2.45, 2.75) is 19.4 Å². The van der Waals surface area contributed by atoms with Gasteiger partial charge in [0.05, 0.1) is 0 Å². The van der Waals surface area contributed by atoms with Crippen molar-refractivity contribution in [3.05, 3.63) is 63.6 Å². The van der Waals surface area contributed by atoms with Crippen LogP contribution in [0.4, 0.5) is 5.69 Å². The zero-order valence-electron chi connectivity index (χ0n) is 10.9. The van der Waals surface area contributed by atoms with Gasteiger partial charge in [-0.15, -0.1) is 0 Å². The average molecular weight is 306 g/mol. The number of hydrogen-bond acceptors (Lipinski definition) is 1. The van der Waals surface area contributed by atoms with Crippen LogP contribution < -0.4 is 4.90 Å². The SMILES string of the molecule is C[C@@H]1Cc2ccccc2N1C(=O)c1cc(Cl)cc(Cl)c1. The van der Waals surface area contributed by atoms with Gasteiger partial charge in [-0.2, -0.15) is 0 Å². The van der Waals surface area contributed by atoms with E-state index >= 15 is 0 Å². The van der Waals surface area contributed by atoms with Crippen LogP contribution in [0.15, 0.2) is 42.5 Å². The Hall–Kier alpha value is -1.51. The van der Waals surface area contributed by atoms with Gasteiger partial charge < -0.3 is 4.90 Å².